The van der Waals surface area contributed by atoms with Crippen LogP contribution in [0.3, 0.4) is 0 Å². The minimum Gasteiger partial charge on any atom is -0.365 e. The fourth-order valence-electron chi connectivity index (χ4n) is 1.59. The molecule has 1 saturated heterocycles. The van der Waals surface area contributed by atoms with Crippen LogP contribution in [0.5, 0.6) is 0 Å². The Hall–Kier alpha value is -0.960. The van der Waals surface area contributed by atoms with E-state index in [1.54, 1.807) is 12.2 Å². The van der Waals surface area contributed by atoms with Crippen molar-refractivity contribution in [1.29, 1.82) is 0 Å². The Morgan fingerprint density at radius 2 is 1.45 bits per heavy atom. The van der Waals surface area contributed by atoms with E-state index < -0.39 is 11.8 Å². The van der Waals surface area contributed by atoms with Crippen LogP contribution in [-0.4, -0.2) is 24.8 Å². The first kappa shape index (κ1) is 6.73. The highest BCUT2D eigenvalue weighted by Gasteiger charge is 2.46. The van der Waals surface area contributed by atoms with Crippen LogP contribution in [0.2, 0.25) is 0 Å². The van der Waals surface area contributed by atoms with E-state index in [2.05, 4.69) is 0 Å². The first-order valence-corrected chi connectivity index (χ1v) is 3.46. The van der Waals surface area contributed by atoms with Gasteiger partial charge in [-0.25, -0.2) is 0 Å². The highest BCUT2D eigenvalue weighted by molar-refractivity contribution is 5.69. The summed E-state index contributed by atoms with van der Waals surface area (Å²) in [6, 6.07) is 0. The Morgan fingerprint density at radius 3 is 1.82 bits per heavy atom. The van der Waals surface area contributed by atoms with Gasteiger partial charge in [0.05, 0.1) is 24.0 Å². The van der Waals surface area contributed by atoms with E-state index in [1.165, 1.54) is 0 Å². The van der Waals surface area contributed by atoms with E-state index in [4.69, 9.17) is 4.74 Å². The summed E-state index contributed by atoms with van der Waals surface area (Å²) in [5.74, 6) is -0.856. The maximum atomic E-state index is 10.3. The van der Waals surface area contributed by atoms with Gasteiger partial charge in [0.2, 0.25) is 12.6 Å². The third-order valence-corrected chi connectivity index (χ3v) is 2.17. The molecular weight excluding hydrogens is 144 g/mol. The first-order chi connectivity index (χ1) is 5.36. The van der Waals surface area contributed by atoms with E-state index >= 15 is 0 Å². The summed E-state index contributed by atoms with van der Waals surface area (Å²) in [6.07, 6.45) is 6.75. The molecule has 2 aliphatic rings. The zero-order chi connectivity index (χ0) is 7.84. The molecule has 0 aromatic carbocycles. The van der Waals surface area contributed by atoms with Crippen LogP contribution in [0.1, 0.15) is 0 Å². The third-order valence-electron chi connectivity index (χ3n) is 2.17. The molecule has 0 amide bonds. The van der Waals surface area contributed by atoms with Gasteiger partial charge in [-0.15, -0.1) is 0 Å². The van der Waals surface area contributed by atoms with Crippen LogP contribution in [0.15, 0.2) is 12.2 Å². The predicted octanol–water partition coefficient (Wildman–Crippen LogP) is -0.225. The molecule has 1 fully saturated rings. The summed E-state index contributed by atoms with van der Waals surface area (Å²) in [5.41, 5.74) is 0. The van der Waals surface area contributed by atoms with E-state index in [1.807, 2.05) is 12.6 Å². The monoisotopic (exact) mass is 150 g/mol. The van der Waals surface area contributed by atoms with Crippen molar-refractivity contribution in [3.8, 4) is 0 Å². The normalized spacial score (nSPS) is 46.2. The second-order valence-corrected chi connectivity index (χ2v) is 2.74. The minimum atomic E-state index is -0.428. The highest BCUT2D eigenvalue weighted by Crippen LogP contribution is 2.36. The lowest BCUT2D eigenvalue weighted by Gasteiger charge is -2.11. The molecule has 4 atom stereocenters. The van der Waals surface area contributed by atoms with Crippen LogP contribution < -0.4 is 0 Å². The number of carbonyl (C=O) groups excluding carboxylic acids is 2. The number of hydrogen-bond acceptors (Lipinski definition) is 3. The van der Waals surface area contributed by atoms with Gasteiger partial charge in [0, 0.05) is 0 Å². The van der Waals surface area contributed by atoms with Gasteiger partial charge in [-0.05, 0) is 0 Å². The van der Waals surface area contributed by atoms with Crippen LogP contribution in [0.4, 0.5) is 0 Å². The molecule has 4 unspecified atom stereocenters. The van der Waals surface area contributed by atoms with E-state index in [0.29, 0.717) is 0 Å². The lowest BCUT2D eigenvalue weighted by Crippen LogP contribution is -2.26. The zero-order valence-electron chi connectivity index (χ0n) is 5.69. The van der Waals surface area contributed by atoms with Crippen molar-refractivity contribution < 1.29 is 14.3 Å². The molecule has 0 aromatic heterocycles. The number of hydrogen-bond donors (Lipinski definition) is 0. The minimum absolute atomic E-state index is 0.232. The molecular formula is C8H6O3. The summed E-state index contributed by atoms with van der Waals surface area (Å²) in [6.45, 7) is 0. The van der Waals surface area contributed by atoms with Crippen molar-refractivity contribution >= 4 is 12.6 Å². The maximum absolute atomic E-state index is 10.3. The number of fused-ring (bicyclic) bond motifs is 2. The van der Waals surface area contributed by atoms with Crippen molar-refractivity contribution in [3.63, 3.8) is 0 Å². The molecule has 56 valence electrons. The van der Waals surface area contributed by atoms with Gasteiger partial charge in [-0.2, -0.15) is 0 Å². The van der Waals surface area contributed by atoms with E-state index in [0.717, 1.165) is 0 Å². The van der Waals surface area contributed by atoms with Crippen molar-refractivity contribution in [2.45, 2.75) is 12.2 Å². The molecule has 2 bridgehead atoms. The molecule has 2 aliphatic heterocycles. The molecule has 0 saturated carbocycles. The van der Waals surface area contributed by atoms with Gasteiger partial charge in [-0.1, -0.05) is 12.2 Å². The summed E-state index contributed by atoms with van der Waals surface area (Å²) in [7, 11) is 0. The van der Waals surface area contributed by atoms with Gasteiger partial charge in [0.15, 0.2) is 0 Å². The number of rotatable bonds is 2. The molecule has 0 aliphatic carbocycles. The van der Waals surface area contributed by atoms with Gasteiger partial charge in [-0.3, -0.25) is 9.59 Å². The Bertz CT molecular complexity index is 199. The van der Waals surface area contributed by atoms with Crippen LogP contribution >= 0.6 is 0 Å². The molecule has 3 heteroatoms. The Balaban J connectivity index is 2.27. The second kappa shape index (κ2) is 2.27. The first-order valence-electron chi connectivity index (χ1n) is 3.46. The van der Waals surface area contributed by atoms with Gasteiger partial charge in [0.25, 0.3) is 0 Å². The second-order valence-electron chi connectivity index (χ2n) is 2.74. The molecule has 3 nitrogen and oxygen atoms in total. The summed E-state index contributed by atoms with van der Waals surface area (Å²) >= 11 is 0. The SMILES string of the molecule is O=[C]C1C2C=CC(O2)C1[C]=O. The third kappa shape index (κ3) is 0.775. The quantitative estimate of drug-likeness (QED) is 0.511. The fraction of sp³-hybridized carbons (Fsp3) is 0.500. The van der Waals surface area contributed by atoms with Crippen LogP contribution in [-0.2, 0) is 14.3 Å². The molecule has 2 heterocycles. The highest BCUT2D eigenvalue weighted by atomic mass is 16.5. The average molecular weight is 150 g/mol. The predicted molar refractivity (Wildman–Crippen MR) is 36.2 cm³/mol. The Labute approximate surface area is 64.0 Å². The maximum Gasteiger partial charge on any atom is 0.205 e. The van der Waals surface area contributed by atoms with Gasteiger partial charge < -0.3 is 4.74 Å². The average Bonchev–Trinajstić information content (AvgIpc) is 2.60. The molecule has 0 aromatic rings. The summed E-state index contributed by atoms with van der Waals surface area (Å²) < 4.78 is 5.24. The molecule has 2 rings (SSSR count). The molecule has 0 spiro atoms. The largest absolute Gasteiger partial charge is 0.365 e. The number of ether oxygens (including phenoxy) is 1. The van der Waals surface area contributed by atoms with Crippen LogP contribution in [0, 0.1) is 11.8 Å². The van der Waals surface area contributed by atoms with Crippen molar-refractivity contribution in [3.05, 3.63) is 12.2 Å². The lowest BCUT2D eigenvalue weighted by atomic mass is 9.85. The van der Waals surface area contributed by atoms with Crippen molar-refractivity contribution in [2.75, 3.05) is 0 Å². The molecule has 0 N–H and O–H groups in total. The van der Waals surface area contributed by atoms with Gasteiger partial charge >= 0.3 is 0 Å². The van der Waals surface area contributed by atoms with Crippen LogP contribution in [0.25, 0.3) is 0 Å². The van der Waals surface area contributed by atoms with E-state index in [9.17, 15) is 9.59 Å². The molecule has 2 radical (unpaired) electrons. The van der Waals surface area contributed by atoms with Crippen molar-refractivity contribution in [1.82, 2.24) is 0 Å². The Kier molecular flexibility index (Phi) is 1.39. The van der Waals surface area contributed by atoms with Gasteiger partial charge in [0.1, 0.15) is 0 Å². The lowest BCUT2D eigenvalue weighted by molar-refractivity contribution is 0.111. The standard InChI is InChI=1S/C8H6O3/c9-3-5-6(4-10)8-2-1-7(5)11-8/h1-2,5-8H. The smallest absolute Gasteiger partial charge is 0.205 e. The van der Waals surface area contributed by atoms with E-state index in [-0.39, 0.29) is 12.2 Å². The topological polar surface area (TPSA) is 43.4 Å². The zero-order valence-corrected chi connectivity index (χ0v) is 5.69. The van der Waals surface area contributed by atoms with Crippen molar-refractivity contribution in [2.24, 2.45) is 11.8 Å². The summed E-state index contributed by atoms with van der Waals surface area (Å²) in [5, 5.41) is 0. The summed E-state index contributed by atoms with van der Waals surface area (Å²) in [4.78, 5) is 20.7. The molecule has 11 heavy (non-hydrogen) atoms. The Morgan fingerprint density at radius 1 is 1.00 bits per heavy atom. The fourth-order valence-corrected chi connectivity index (χ4v) is 1.59.